The minimum absolute atomic E-state index is 0.0274. The third kappa shape index (κ3) is 13.4. The Hall–Kier alpha value is -7.14. The molecule has 4 unspecified atom stereocenters. The van der Waals surface area contributed by atoms with Gasteiger partial charge in [0.05, 0.1) is 35.3 Å². The first-order chi connectivity index (χ1) is 48.9. The molecule has 101 heavy (non-hydrogen) atoms. The summed E-state index contributed by atoms with van der Waals surface area (Å²) in [7, 11) is 0. The lowest BCUT2D eigenvalue weighted by Gasteiger charge is -2.58. The number of likely N-dealkylation sites (tertiary alicyclic amines) is 4. The highest BCUT2D eigenvalue weighted by molar-refractivity contribution is 5.91. The first-order valence-electron chi connectivity index (χ1n) is 38.3. The zero-order chi connectivity index (χ0) is 69.3. The molecule has 0 aromatic heterocycles. The Morgan fingerprint density at radius 3 is 1.12 bits per heavy atom. The fourth-order valence-corrected chi connectivity index (χ4v) is 21.8. The second kappa shape index (κ2) is 27.8. The predicted molar refractivity (Wildman–Crippen MR) is 375 cm³/mol. The van der Waals surface area contributed by atoms with Gasteiger partial charge in [-0.1, -0.05) is 85.6 Å². The Labute approximate surface area is 590 Å². The van der Waals surface area contributed by atoms with Crippen molar-refractivity contribution >= 4 is 53.2 Å². The van der Waals surface area contributed by atoms with E-state index < -0.39 is 40.6 Å². The number of nitrogens with one attached hydrogen (secondary N) is 4. The van der Waals surface area contributed by atoms with Crippen LogP contribution in [0.4, 0.5) is 59.9 Å². The van der Waals surface area contributed by atoms with Crippen molar-refractivity contribution < 1.29 is 60.8 Å². The Bertz CT molecular complexity index is 3670. The number of benzene rings is 4. The second-order valence-electron chi connectivity index (χ2n) is 32.0. The van der Waals surface area contributed by atoms with E-state index in [4.69, 9.17) is 23.7 Å². The molecule has 5 amide bonds. The van der Waals surface area contributed by atoms with Crippen molar-refractivity contribution in [2.24, 2.45) is 29.6 Å². The summed E-state index contributed by atoms with van der Waals surface area (Å²) in [5.41, 5.74) is 5.89. The molecule has 10 aliphatic heterocycles. The van der Waals surface area contributed by atoms with Crippen molar-refractivity contribution in [3.05, 3.63) is 119 Å². The Kier molecular flexibility index (Phi) is 18.8. The fraction of sp³-hybridized carbons (Fsp3) is 0.633. The number of halogens is 3. The standard InChI is InChI=1S/C22H29N3O4.C22H28N2O2.C19H23F3N2O2.C16H20N2O2/c1-2-28-21(27)25-15-7-8-16(25)14-17(13-15)24-11-9-22(10-12-24)18-5-3-4-6-19(18)23-20(26)29-22;25-21-23-19-4-2-1-3-18(19)22(26-21)5-7-24(8-6-22)20-16-10-14-9-15(12-16)13-17(20)11-14;20-19(21,22)13-4-3-5-14(12-13)24-10-8-18(9-11-24)15-6-1-2-7-16(15)23-17(25)26-18;19-15-17-14-7-2-1-6-13(14)16(20-15)8-10-18(11-9-16)12-4-3-5-12/h3-6,15-17H,2,7-14H2,1H3,(H,23,26);1-4,14-17,20H,5-13H2,(H,23,25);1-2,6-7,13-14H,3-5,8-12H2,(H,23,25);1-2,6-7,12H,3-5,8-11H2,(H,17,19). The maximum atomic E-state index is 13.1. The highest BCUT2D eigenvalue weighted by Gasteiger charge is 2.55. The van der Waals surface area contributed by atoms with Crippen LogP contribution in [-0.4, -0.2) is 156 Å². The molecule has 4 spiro atoms. The summed E-state index contributed by atoms with van der Waals surface area (Å²) in [6, 6.07) is 34.5. The molecule has 6 saturated heterocycles. The van der Waals surface area contributed by atoms with Crippen LogP contribution in [0.1, 0.15) is 183 Å². The molecule has 16 aliphatic rings. The molecule has 22 heteroatoms. The van der Waals surface area contributed by atoms with Gasteiger partial charge in [0.25, 0.3) is 0 Å². The van der Waals surface area contributed by atoms with Crippen molar-refractivity contribution in [3.8, 4) is 0 Å². The lowest BCUT2D eigenvalue weighted by Crippen LogP contribution is -2.59. The molecular formula is C79H100F3N9O10. The van der Waals surface area contributed by atoms with Gasteiger partial charge >= 0.3 is 36.6 Å². The van der Waals surface area contributed by atoms with E-state index in [2.05, 4.69) is 65.1 Å². The first-order valence-corrected chi connectivity index (χ1v) is 38.3. The van der Waals surface area contributed by atoms with Gasteiger partial charge in [-0.05, 0) is 145 Å². The van der Waals surface area contributed by atoms with Crippen molar-refractivity contribution in [1.29, 1.82) is 0 Å². The van der Waals surface area contributed by atoms with Crippen LogP contribution in [0.5, 0.6) is 0 Å². The number of carbonyl (C=O) groups excluding carboxylic acids is 5. The van der Waals surface area contributed by atoms with Crippen LogP contribution in [0.2, 0.25) is 0 Å². The zero-order valence-corrected chi connectivity index (χ0v) is 58.4. The molecule has 6 saturated carbocycles. The molecule has 6 bridgehead atoms. The largest absolute Gasteiger partial charge is 0.450 e. The number of anilines is 4. The summed E-state index contributed by atoms with van der Waals surface area (Å²) in [6.45, 7) is 9.61. The van der Waals surface area contributed by atoms with E-state index in [1.165, 1.54) is 56.9 Å². The number of amides is 5. The predicted octanol–water partition coefficient (Wildman–Crippen LogP) is 15.8. The first kappa shape index (κ1) is 68.3. The number of carbonyl (C=O) groups is 5. The van der Waals surface area contributed by atoms with Gasteiger partial charge in [-0.25, -0.2) is 24.0 Å². The molecule has 20 rings (SSSR count). The van der Waals surface area contributed by atoms with Crippen molar-refractivity contribution in [3.63, 3.8) is 0 Å². The summed E-state index contributed by atoms with van der Waals surface area (Å²) in [5, 5.41) is 11.2. The minimum Gasteiger partial charge on any atom is -0.450 e. The van der Waals surface area contributed by atoms with E-state index in [1.54, 1.807) is 0 Å². The molecule has 542 valence electrons. The molecule has 6 aliphatic carbocycles. The molecule has 4 N–H and O–H groups in total. The molecule has 19 nitrogen and oxygen atoms in total. The van der Waals surface area contributed by atoms with E-state index in [0.29, 0.717) is 57.1 Å². The van der Waals surface area contributed by atoms with Gasteiger partial charge in [0.15, 0.2) is 0 Å². The van der Waals surface area contributed by atoms with E-state index in [9.17, 15) is 37.1 Å². The van der Waals surface area contributed by atoms with E-state index in [-0.39, 0.29) is 43.3 Å². The zero-order valence-electron chi connectivity index (χ0n) is 58.4. The quantitative estimate of drug-likeness (QED) is 0.138. The van der Waals surface area contributed by atoms with Crippen LogP contribution in [0.15, 0.2) is 97.1 Å². The van der Waals surface area contributed by atoms with Gasteiger partial charge in [0.1, 0.15) is 22.4 Å². The maximum absolute atomic E-state index is 13.1. The fourth-order valence-electron chi connectivity index (χ4n) is 21.8. The SMILES string of the molecule is CCOC(=O)N1C2CCC1CC(N1CCC3(CC1)OC(=O)Nc1ccccc13)C2.O=C1Nc2ccccc2C2(CCN(C3C4CC5CC(C4)CC3C5)CC2)O1.O=C1Nc2ccccc2C2(CCN(C3CCC3)CC2)O1.O=C1Nc2ccccc2C2(CCN(C3CCCC(C(F)(F)F)C3)CC2)O1. The van der Waals surface area contributed by atoms with Gasteiger partial charge < -0.3 is 38.4 Å². The van der Waals surface area contributed by atoms with Crippen LogP contribution in [0.25, 0.3) is 0 Å². The molecule has 4 aromatic carbocycles. The van der Waals surface area contributed by atoms with E-state index in [0.717, 1.165) is 185 Å². The highest BCUT2D eigenvalue weighted by atomic mass is 19.4. The van der Waals surface area contributed by atoms with Gasteiger partial charge in [0, 0.05) is 162 Å². The summed E-state index contributed by atoms with van der Waals surface area (Å²) in [4.78, 5) is 72.5. The van der Waals surface area contributed by atoms with Crippen LogP contribution in [0, 0.1) is 29.6 Å². The number of hydrogen-bond acceptors (Lipinski definition) is 14. The summed E-state index contributed by atoms with van der Waals surface area (Å²) < 4.78 is 67.8. The minimum atomic E-state index is -4.10. The van der Waals surface area contributed by atoms with Gasteiger partial charge in [-0.2, -0.15) is 13.2 Å². The van der Waals surface area contributed by atoms with Crippen molar-refractivity contribution in [2.45, 2.75) is 226 Å². The second-order valence-corrected chi connectivity index (χ2v) is 32.0. The molecular weight excluding hydrogens is 1290 g/mol. The third-order valence-electron chi connectivity index (χ3n) is 26.7. The smallest absolute Gasteiger partial charge is 0.412 e. The van der Waals surface area contributed by atoms with E-state index in [1.807, 2.05) is 84.6 Å². The Morgan fingerprint density at radius 1 is 0.426 bits per heavy atom. The normalized spacial score (nSPS) is 31.6. The molecule has 10 heterocycles. The maximum Gasteiger partial charge on any atom is 0.412 e. The molecule has 4 aromatic rings. The number of fused-ring (bicyclic) bond motifs is 10. The molecule has 12 fully saturated rings. The number of nitrogens with zero attached hydrogens (tertiary/aromatic N) is 5. The number of para-hydroxylation sites is 4. The monoisotopic (exact) mass is 1390 g/mol. The molecule has 0 radical (unpaired) electrons. The van der Waals surface area contributed by atoms with Crippen LogP contribution < -0.4 is 21.3 Å². The average molecular weight is 1390 g/mol. The topological polar surface area (TPSA) is 196 Å². The summed E-state index contributed by atoms with van der Waals surface area (Å²) >= 11 is 0. The van der Waals surface area contributed by atoms with Crippen LogP contribution >= 0.6 is 0 Å². The number of piperidine rings is 5. The number of rotatable bonds is 5. The Morgan fingerprint density at radius 2 is 0.762 bits per heavy atom. The summed E-state index contributed by atoms with van der Waals surface area (Å²) in [5.74, 6) is 2.74. The number of alkyl halides is 3. The highest BCUT2D eigenvalue weighted by Crippen LogP contribution is 2.57. The Balaban J connectivity index is 0.000000105. The van der Waals surface area contributed by atoms with Gasteiger partial charge in [-0.3, -0.25) is 31.1 Å². The van der Waals surface area contributed by atoms with Gasteiger partial charge in [0.2, 0.25) is 0 Å². The van der Waals surface area contributed by atoms with Gasteiger partial charge in [-0.15, -0.1) is 0 Å². The number of hydrogen-bond donors (Lipinski definition) is 4. The lowest BCUT2D eigenvalue weighted by molar-refractivity contribution is -0.188. The van der Waals surface area contributed by atoms with E-state index >= 15 is 0 Å². The molecule has 4 atom stereocenters. The van der Waals surface area contributed by atoms with Crippen LogP contribution in [-0.2, 0) is 46.1 Å². The third-order valence-corrected chi connectivity index (χ3v) is 26.7. The number of ether oxygens (including phenoxy) is 5. The van der Waals surface area contributed by atoms with Crippen LogP contribution in [0.3, 0.4) is 0 Å². The van der Waals surface area contributed by atoms with Crippen molar-refractivity contribution in [2.75, 3.05) is 80.2 Å². The average Bonchev–Trinajstić information content (AvgIpc) is 1.15. The van der Waals surface area contributed by atoms with Crippen molar-refractivity contribution in [1.82, 2.24) is 24.5 Å². The summed E-state index contributed by atoms with van der Waals surface area (Å²) in [6.07, 6.45) is 18.4. The lowest BCUT2D eigenvalue weighted by atomic mass is 9.53.